The van der Waals surface area contributed by atoms with Crippen LogP contribution in [0.3, 0.4) is 0 Å². The van der Waals surface area contributed by atoms with E-state index >= 15 is 0 Å². The maximum atomic E-state index is 4.74. The monoisotopic (exact) mass is 176 g/mol. The van der Waals surface area contributed by atoms with Gasteiger partial charge in [0, 0.05) is 18.7 Å². The Morgan fingerprint density at radius 3 is 3.23 bits per heavy atom. The van der Waals surface area contributed by atoms with Gasteiger partial charge in [-0.2, -0.15) is 0 Å². The minimum atomic E-state index is 0.843. The summed E-state index contributed by atoms with van der Waals surface area (Å²) in [6.07, 6.45) is 6.37. The van der Waals surface area contributed by atoms with Crippen molar-refractivity contribution in [3.8, 4) is 0 Å². The van der Waals surface area contributed by atoms with Crippen LogP contribution in [0.1, 0.15) is 37.0 Å². The molecule has 1 unspecified atom stereocenters. The van der Waals surface area contributed by atoms with E-state index in [0.717, 1.165) is 5.92 Å². The van der Waals surface area contributed by atoms with Gasteiger partial charge < -0.3 is 4.57 Å². The van der Waals surface area contributed by atoms with Crippen molar-refractivity contribution < 1.29 is 0 Å². The lowest BCUT2D eigenvalue weighted by molar-refractivity contribution is 0.402. The molecule has 0 saturated heterocycles. The Hall–Kier alpha value is -0.790. The molecule has 0 fully saturated rings. The maximum Gasteiger partial charge on any atom is 0.109 e. The topological polar surface area (TPSA) is 17.8 Å². The highest BCUT2D eigenvalue weighted by Crippen LogP contribution is 2.28. The first-order chi connectivity index (χ1) is 6.34. The molecule has 0 radical (unpaired) electrons. The smallest absolute Gasteiger partial charge is 0.109 e. The molecule has 13 heavy (non-hydrogen) atoms. The van der Waals surface area contributed by atoms with Gasteiger partial charge in [0.1, 0.15) is 5.82 Å². The summed E-state index contributed by atoms with van der Waals surface area (Å²) in [5.41, 5.74) is 2.96. The van der Waals surface area contributed by atoms with Crippen molar-refractivity contribution in [3.63, 3.8) is 0 Å². The summed E-state index contributed by atoms with van der Waals surface area (Å²) in [6, 6.07) is 0. The van der Waals surface area contributed by atoms with Crippen LogP contribution in [0.4, 0.5) is 0 Å². The second-order valence-electron chi connectivity index (χ2n) is 4.52. The number of imidazole rings is 1. The molecule has 1 aliphatic carbocycles. The van der Waals surface area contributed by atoms with Crippen molar-refractivity contribution in [1.82, 2.24) is 9.55 Å². The number of nitrogens with zero attached hydrogens (tertiary/aromatic N) is 2. The van der Waals surface area contributed by atoms with Crippen molar-refractivity contribution in [2.24, 2.45) is 5.92 Å². The molecular formula is C11H16N2. The molecule has 0 saturated carbocycles. The van der Waals surface area contributed by atoms with Crippen molar-refractivity contribution in [1.29, 1.82) is 0 Å². The largest absolute Gasteiger partial charge is 0.332 e. The van der Waals surface area contributed by atoms with Crippen LogP contribution in [0.25, 0.3) is 0 Å². The van der Waals surface area contributed by atoms with Crippen LogP contribution in [0.15, 0.2) is 0 Å². The molecule has 2 nitrogen and oxygen atoms in total. The average Bonchev–Trinajstić information content (AvgIpc) is 2.62. The van der Waals surface area contributed by atoms with E-state index in [9.17, 15) is 0 Å². The Morgan fingerprint density at radius 1 is 1.38 bits per heavy atom. The summed E-state index contributed by atoms with van der Waals surface area (Å²) in [6.45, 7) is 3.56. The minimum absolute atomic E-state index is 0.843. The third kappa shape index (κ3) is 1.04. The van der Waals surface area contributed by atoms with E-state index < -0.39 is 0 Å². The van der Waals surface area contributed by atoms with Crippen LogP contribution in [0, 0.1) is 5.92 Å². The second-order valence-corrected chi connectivity index (χ2v) is 4.52. The van der Waals surface area contributed by atoms with Gasteiger partial charge in [-0.05, 0) is 31.6 Å². The fourth-order valence-corrected chi connectivity index (χ4v) is 2.68. The summed E-state index contributed by atoms with van der Waals surface area (Å²) in [5.74, 6) is 2.21. The van der Waals surface area contributed by atoms with Gasteiger partial charge in [0.25, 0.3) is 0 Å². The van der Waals surface area contributed by atoms with E-state index in [1.165, 1.54) is 50.2 Å². The first kappa shape index (κ1) is 7.60. The molecule has 2 heteroatoms. The van der Waals surface area contributed by atoms with Gasteiger partial charge in [-0.1, -0.05) is 6.92 Å². The van der Waals surface area contributed by atoms with Gasteiger partial charge in [-0.15, -0.1) is 0 Å². The van der Waals surface area contributed by atoms with E-state index in [0.29, 0.717) is 0 Å². The predicted octanol–water partition coefficient (Wildman–Crippen LogP) is 1.95. The highest BCUT2D eigenvalue weighted by atomic mass is 15.1. The Bertz CT molecular complexity index is 338. The van der Waals surface area contributed by atoms with Crippen LogP contribution < -0.4 is 0 Å². The Morgan fingerprint density at radius 2 is 2.31 bits per heavy atom. The van der Waals surface area contributed by atoms with Crippen LogP contribution in [0.5, 0.6) is 0 Å². The standard InChI is InChI=1S/C11H16N2/c1-8-5-6-13-10-4-2-3-9(10)12-11(13)7-8/h8H,2-7H2,1H3. The highest BCUT2D eigenvalue weighted by Gasteiger charge is 2.24. The quantitative estimate of drug-likeness (QED) is 0.591. The zero-order valence-electron chi connectivity index (χ0n) is 8.21. The van der Waals surface area contributed by atoms with Gasteiger partial charge in [-0.3, -0.25) is 0 Å². The third-order valence-electron chi connectivity index (χ3n) is 3.44. The van der Waals surface area contributed by atoms with Crippen LogP contribution in [0.2, 0.25) is 0 Å². The molecule has 1 aromatic heterocycles. The normalized spacial score (nSPS) is 25.8. The van der Waals surface area contributed by atoms with E-state index in [1.807, 2.05) is 0 Å². The van der Waals surface area contributed by atoms with E-state index in [4.69, 9.17) is 4.98 Å². The molecule has 2 aliphatic rings. The van der Waals surface area contributed by atoms with Gasteiger partial charge >= 0.3 is 0 Å². The molecule has 0 amide bonds. The Kier molecular flexibility index (Phi) is 1.52. The summed E-state index contributed by atoms with van der Waals surface area (Å²) < 4.78 is 2.49. The summed E-state index contributed by atoms with van der Waals surface area (Å²) in [5, 5.41) is 0. The molecule has 1 atom stereocenters. The molecule has 0 aromatic carbocycles. The molecule has 0 bridgehead atoms. The Labute approximate surface area is 79.0 Å². The first-order valence-electron chi connectivity index (χ1n) is 5.42. The van der Waals surface area contributed by atoms with Gasteiger partial charge in [0.2, 0.25) is 0 Å². The van der Waals surface area contributed by atoms with Crippen molar-refractivity contribution in [2.75, 3.05) is 0 Å². The molecule has 3 rings (SSSR count). The van der Waals surface area contributed by atoms with Crippen LogP contribution in [-0.2, 0) is 25.8 Å². The first-order valence-corrected chi connectivity index (χ1v) is 5.42. The number of hydrogen-bond acceptors (Lipinski definition) is 1. The van der Waals surface area contributed by atoms with E-state index in [2.05, 4.69) is 11.5 Å². The second kappa shape index (κ2) is 2.60. The highest BCUT2D eigenvalue weighted by molar-refractivity contribution is 5.23. The van der Waals surface area contributed by atoms with Gasteiger partial charge in [0.15, 0.2) is 0 Å². The molecule has 0 spiro atoms. The average molecular weight is 176 g/mol. The zero-order valence-corrected chi connectivity index (χ0v) is 8.21. The van der Waals surface area contributed by atoms with E-state index in [-0.39, 0.29) is 0 Å². The summed E-state index contributed by atoms with van der Waals surface area (Å²) in [7, 11) is 0. The molecule has 1 aromatic rings. The fraction of sp³-hybridized carbons (Fsp3) is 0.727. The van der Waals surface area contributed by atoms with Crippen LogP contribution in [-0.4, -0.2) is 9.55 Å². The maximum absolute atomic E-state index is 4.74. The lowest BCUT2D eigenvalue weighted by Crippen LogP contribution is -2.18. The van der Waals surface area contributed by atoms with Gasteiger partial charge in [-0.25, -0.2) is 4.98 Å². The SMILES string of the molecule is CC1CCn2c(nc3c2CCC3)C1. The zero-order chi connectivity index (χ0) is 8.84. The van der Waals surface area contributed by atoms with Crippen LogP contribution >= 0.6 is 0 Å². The third-order valence-corrected chi connectivity index (χ3v) is 3.44. The number of fused-ring (bicyclic) bond motifs is 3. The van der Waals surface area contributed by atoms with Gasteiger partial charge in [0.05, 0.1) is 5.69 Å². The molecule has 2 heterocycles. The summed E-state index contributed by atoms with van der Waals surface area (Å²) >= 11 is 0. The van der Waals surface area contributed by atoms with Crippen molar-refractivity contribution in [2.45, 2.75) is 45.6 Å². The molecule has 70 valence electrons. The molecule has 1 aliphatic heterocycles. The lowest BCUT2D eigenvalue weighted by Gasteiger charge is -2.21. The predicted molar refractivity (Wildman–Crippen MR) is 51.7 cm³/mol. The summed E-state index contributed by atoms with van der Waals surface area (Å²) in [4.78, 5) is 4.74. The fourth-order valence-electron chi connectivity index (χ4n) is 2.68. The lowest BCUT2D eigenvalue weighted by atomic mass is 10.0. The molecular weight excluding hydrogens is 160 g/mol. The number of rotatable bonds is 0. The van der Waals surface area contributed by atoms with E-state index in [1.54, 1.807) is 5.69 Å². The molecule has 0 N–H and O–H groups in total. The number of aromatic nitrogens is 2. The van der Waals surface area contributed by atoms with Crippen molar-refractivity contribution >= 4 is 0 Å². The minimum Gasteiger partial charge on any atom is -0.332 e. The Balaban J connectivity index is 2.06. The number of hydrogen-bond donors (Lipinski definition) is 0. The number of aryl methyl sites for hydroxylation is 1. The van der Waals surface area contributed by atoms with Crippen molar-refractivity contribution in [3.05, 3.63) is 17.2 Å².